The minimum atomic E-state index is -2.60. The van der Waals surface area contributed by atoms with Crippen molar-refractivity contribution < 1.29 is 8.78 Å². The average molecular weight is 213 g/mol. The Hall–Kier alpha value is -1.25. The highest BCUT2D eigenvalue weighted by Gasteiger charge is 2.06. The molecular formula is C12H17F2N. The third kappa shape index (κ3) is 5.94. The predicted molar refractivity (Wildman–Crippen MR) is 61.4 cm³/mol. The van der Waals surface area contributed by atoms with E-state index in [-0.39, 0.29) is 5.92 Å². The van der Waals surface area contributed by atoms with Crippen LogP contribution in [0.1, 0.15) is 20.8 Å². The largest absolute Gasteiger partial charge is 0.279 e. The summed E-state index contributed by atoms with van der Waals surface area (Å²) in [6.45, 7) is 12.7. The molecule has 0 spiro atoms. The highest BCUT2D eigenvalue weighted by Crippen LogP contribution is 2.12. The topological polar surface area (TPSA) is 12.4 Å². The number of rotatable bonds is 5. The summed E-state index contributed by atoms with van der Waals surface area (Å²) < 4.78 is 24.2. The fourth-order valence-electron chi connectivity index (χ4n) is 0.851. The third-order valence-electron chi connectivity index (χ3n) is 1.71. The molecule has 0 unspecified atom stereocenters. The highest BCUT2D eigenvalue weighted by atomic mass is 19.3. The van der Waals surface area contributed by atoms with Crippen LogP contribution in [0.2, 0.25) is 0 Å². The lowest BCUT2D eigenvalue weighted by Gasteiger charge is -2.06. The lowest BCUT2D eigenvalue weighted by atomic mass is 10.0. The van der Waals surface area contributed by atoms with E-state index in [1.807, 2.05) is 26.8 Å². The van der Waals surface area contributed by atoms with Gasteiger partial charge in [0.05, 0.1) is 5.70 Å². The molecule has 0 bridgehead atoms. The number of halogens is 2. The van der Waals surface area contributed by atoms with Gasteiger partial charge in [0.15, 0.2) is 0 Å². The van der Waals surface area contributed by atoms with E-state index in [0.29, 0.717) is 0 Å². The summed E-state index contributed by atoms with van der Waals surface area (Å²) in [4.78, 5) is 3.62. The molecule has 0 aromatic heterocycles. The lowest BCUT2D eigenvalue weighted by Crippen LogP contribution is -1.98. The number of aliphatic imine (C=N–C) groups is 1. The van der Waals surface area contributed by atoms with Gasteiger partial charge in [-0.15, -0.1) is 0 Å². The van der Waals surface area contributed by atoms with Crippen LogP contribution in [0.4, 0.5) is 8.78 Å². The van der Waals surface area contributed by atoms with E-state index in [1.54, 1.807) is 0 Å². The first kappa shape index (κ1) is 13.8. The molecule has 1 nitrogen and oxygen atoms in total. The molecule has 0 aliphatic rings. The number of alkyl halides is 2. The van der Waals surface area contributed by atoms with Gasteiger partial charge in [-0.3, -0.25) is 4.99 Å². The highest BCUT2D eigenvalue weighted by molar-refractivity contribution is 5.80. The molecule has 0 N–H and O–H groups in total. The quantitative estimate of drug-likeness (QED) is 0.483. The Bertz CT molecular complexity index is 299. The van der Waals surface area contributed by atoms with Crippen molar-refractivity contribution in [2.75, 3.05) is 0 Å². The van der Waals surface area contributed by atoms with Crippen LogP contribution in [0.25, 0.3) is 0 Å². The summed E-state index contributed by atoms with van der Waals surface area (Å²) in [5.74, 6) is 0.218. The fraction of sp³-hybridized carbons (Fsp3) is 0.417. The van der Waals surface area contributed by atoms with E-state index in [1.165, 1.54) is 6.21 Å². The van der Waals surface area contributed by atoms with E-state index < -0.39 is 12.1 Å². The van der Waals surface area contributed by atoms with Crippen LogP contribution in [0.3, 0.4) is 0 Å². The maximum Gasteiger partial charge on any atom is 0.279 e. The molecule has 0 saturated heterocycles. The average Bonchev–Trinajstić information content (AvgIpc) is 2.10. The minimum Gasteiger partial charge on any atom is -0.256 e. The zero-order valence-corrected chi connectivity index (χ0v) is 9.43. The molecule has 3 heteroatoms. The first-order chi connectivity index (χ1) is 6.84. The van der Waals surface area contributed by atoms with Crippen LogP contribution in [0, 0.1) is 5.92 Å². The van der Waals surface area contributed by atoms with Crippen molar-refractivity contribution in [1.29, 1.82) is 0 Å². The molecule has 0 atom stereocenters. The first-order valence-corrected chi connectivity index (χ1v) is 4.72. The standard InChI is InChI=1S/C12H17F2N/c1-8(2)6-11(9(3)4)7-15-10(5)12(13)14/h6-7,9,12H,1,5H2,2-4H3/b11-6+,15-7?. The summed E-state index contributed by atoms with van der Waals surface area (Å²) in [5.41, 5.74) is 1.32. The summed E-state index contributed by atoms with van der Waals surface area (Å²) in [6.07, 6.45) is 0.653. The van der Waals surface area contributed by atoms with Gasteiger partial charge in [0.2, 0.25) is 0 Å². The van der Waals surface area contributed by atoms with Gasteiger partial charge < -0.3 is 0 Å². The van der Waals surface area contributed by atoms with Gasteiger partial charge in [0, 0.05) is 6.21 Å². The molecule has 0 radical (unpaired) electrons. The minimum absolute atomic E-state index is 0.218. The second kappa shape index (κ2) is 6.27. The summed E-state index contributed by atoms with van der Waals surface area (Å²) in [7, 11) is 0. The molecule has 0 heterocycles. The van der Waals surface area contributed by atoms with Crippen molar-refractivity contribution in [2.45, 2.75) is 27.2 Å². The Morgan fingerprint density at radius 1 is 1.27 bits per heavy atom. The Labute approximate surface area is 89.9 Å². The summed E-state index contributed by atoms with van der Waals surface area (Å²) >= 11 is 0. The maximum atomic E-state index is 12.1. The van der Waals surface area contributed by atoms with Crippen LogP contribution in [0.15, 0.2) is 41.1 Å². The second-order valence-electron chi connectivity index (χ2n) is 3.70. The van der Waals surface area contributed by atoms with Crippen molar-refractivity contribution in [3.8, 4) is 0 Å². The summed E-state index contributed by atoms with van der Waals surface area (Å²) in [5, 5.41) is 0. The van der Waals surface area contributed by atoms with E-state index in [4.69, 9.17) is 0 Å². The number of allylic oxidation sites excluding steroid dienone is 4. The van der Waals surface area contributed by atoms with Gasteiger partial charge in [-0.05, 0) is 18.4 Å². The van der Waals surface area contributed by atoms with Crippen molar-refractivity contribution in [2.24, 2.45) is 10.9 Å². The molecule has 0 aromatic rings. The van der Waals surface area contributed by atoms with Crippen LogP contribution in [-0.2, 0) is 0 Å². The van der Waals surface area contributed by atoms with Gasteiger partial charge in [-0.1, -0.05) is 38.7 Å². The zero-order chi connectivity index (χ0) is 12.0. The Morgan fingerprint density at radius 3 is 2.13 bits per heavy atom. The Balaban J connectivity index is 4.71. The van der Waals surface area contributed by atoms with Crippen molar-refractivity contribution >= 4 is 6.21 Å². The molecule has 15 heavy (non-hydrogen) atoms. The molecule has 0 saturated carbocycles. The van der Waals surface area contributed by atoms with Gasteiger partial charge in [0.1, 0.15) is 0 Å². The normalized spacial score (nSPS) is 12.9. The molecule has 0 rings (SSSR count). The number of nitrogens with zero attached hydrogens (tertiary/aromatic N) is 1. The van der Waals surface area contributed by atoms with Gasteiger partial charge in [0.25, 0.3) is 6.43 Å². The van der Waals surface area contributed by atoms with E-state index in [9.17, 15) is 8.78 Å². The van der Waals surface area contributed by atoms with Gasteiger partial charge >= 0.3 is 0 Å². The molecule has 84 valence electrons. The van der Waals surface area contributed by atoms with E-state index in [2.05, 4.69) is 18.2 Å². The Morgan fingerprint density at radius 2 is 1.80 bits per heavy atom. The molecular weight excluding hydrogens is 196 g/mol. The maximum absolute atomic E-state index is 12.1. The summed E-state index contributed by atoms with van der Waals surface area (Å²) in [6, 6.07) is 0. The van der Waals surface area contributed by atoms with Crippen LogP contribution in [0.5, 0.6) is 0 Å². The van der Waals surface area contributed by atoms with Crippen LogP contribution >= 0.6 is 0 Å². The van der Waals surface area contributed by atoms with Gasteiger partial charge in [-0.25, -0.2) is 8.78 Å². The number of hydrogen-bond donors (Lipinski definition) is 0. The molecule has 0 aliphatic carbocycles. The zero-order valence-electron chi connectivity index (χ0n) is 9.43. The van der Waals surface area contributed by atoms with Crippen LogP contribution in [-0.4, -0.2) is 12.6 Å². The monoisotopic (exact) mass is 213 g/mol. The van der Waals surface area contributed by atoms with Gasteiger partial charge in [-0.2, -0.15) is 0 Å². The Kier molecular flexibility index (Phi) is 5.75. The second-order valence-corrected chi connectivity index (χ2v) is 3.70. The molecule has 0 aliphatic heterocycles. The SMILES string of the molecule is C=C(C)/C=C(\C=NC(=C)C(F)F)C(C)C. The molecule has 0 aromatic carbocycles. The van der Waals surface area contributed by atoms with Crippen molar-refractivity contribution in [3.05, 3.63) is 36.1 Å². The molecule has 0 amide bonds. The number of hydrogen-bond acceptors (Lipinski definition) is 1. The molecule has 0 fully saturated rings. The van der Waals surface area contributed by atoms with Crippen molar-refractivity contribution in [3.63, 3.8) is 0 Å². The first-order valence-electron chi connectivity index (χ1n) is 4.72. The fourth-order valence-corrected chi connectivity index (χ4v) is 0.851. The third-order valence-corrected chi connectivity index (χ3v) is 1.71. The van der Waals surface area contributed by atoms with E-state index in [0.717, 1.165) is 11.1 Å². The van der Waals surface area contributed by atoms with Crippen LogP contribution < -0.4 is 0 Å². The predicted octanol–water partition coefficient (Wildman–Crippen LogP) is 3.99. The van der Waals surface area contributed by atoms with Crippen molar-refractivity contribution in [1.82, 2.24) is 0 Å². The van der Waals surface area contributed by atoms with E-state index >= 15 is 0 Å². The lowest BCUT2D eigenvalue weighted by molar-refractivity contribution is 0.189. The smallest absolute Gasteiger partial charge is 0.256 e.